The minimum Gasteiger partial charge on any atom is -0.385 e. The quantitative estimate of drug-likeness (QED) is 0.645. The monoisotopic (exact) mass is 314 g/mol. The first kappa shape index (κ1) is 18.1. The molecule has 0 heterocycles. The summed E-state index contributed by atoms with van der Waals surface area (Å²) in [5.74, 6) is 0. The smallest absolute Gasteiger partial charge is 0.240 e. The Bertz CT molecular complexity index is 530. The van der Waals surface area contributed by atoms with Gasteiger partial charge in [-0.25, -0.2) is 13.1 Å². The molecule has 5 nitrogen and oxygen atoms in total. The van der Waals surface area contributed by atoms with Gasteiger partial charge in [-0.3, -0.25) is 0 Å². The molecule has 0 aromatic heterocycles. The highest BCUT2D eigenvalue weighted by atomic mass is 32.2. The average Bonchev–Trinajstić information content (AvgIpc) is 2.49. The van der Waals surface area contributed by atoms with Gasteiger partial charge in [0, 0.05) is 26.8 Å². The van der Waals surface area contributed by atoms with E-state index in [1.54, 1.807) is 13.2 Å². The third kappa shape index (κ3) is 5.74. The highest BCUT2D eigenvalue weighted by Gasteiger charge is 2.17. The third-order valence-electron chi connectivity index (χ3n) is 3.20. The summed E-state index contributed by atoms with van der Waals surface area (Å²) < 4.78 is 32.4. The zero-order valence-electron chi connectivity index (χ0n) is 13.1. The predicted octanol–water partition coefficient (Wildman–Crippen LogP) is 1.67. The summed E-state index contributed by atoms with van der Waals surface area (Å²) in [4.78, 5) is 0.387. The Morgan fingerprint density at radius 3 is 2.62 bits per heavy atom. The Labute approximate surface area is 128 Å². The standard InChI is InChI=1S/C15H26N2O3S/c1-4-14-8-7-13(12-16-5-2)11-15(14)21(18,19)17-9-6-10-20-3/h7-8,11,16-17H,4-6,9-10,12H2,1-3H3. The number of hydrogen-bond donors (Lipinski definition) is 2. The van der Waals surface area contributed by atoms with Gasteiger partial charge >= 0.3 is 0 Å². The molecule has 6 heteroatoms. The number of methoxy groups -OCH3 is 1. The summed E-state index contributed by atoms with van der Waals surface area (Å²) in [6.07, 6.45) is 1.35. The Hall–Kier alpha value is -0.950. The first-order valence-corrected chi connectivity index (χ1v) is 8.84. The number of hydrogen-bond acceptors (Lipinski definition) is 4. The number of aryl methyl sites for hydroxylation is 1. The van der Waals surface area contributed by atoms with E-state index in [1.807, 2.05) is 26.0 Å². The van der Waals surface area contributed by atoms with Crippen molar-refractivity contribution in [1.82, 2.24) is 10.0 Å². The Kier molecular flexibility index (Phi) is 7.88. The van der Waals surface area contributed by atoms with Crippen molar-refractivity contribution in [3.8, 4) is 0 Å². The van der Waals surface area contributed by atoms with E-state index in [0.29, 0.717) is 37.4 Å². The molecule has 1 aromatic carbocycles. The molecule has 2 N–H and O–H groups in total. The molecule has 0 saturated carbocycles. The lowest BCUT2D eigenvalue weighted by Crippen LogP contribution is -2.26. The van der Waals surface area contributed by atoms with E-state index in [9.17, 15) is 8.42 Å². The first-order chi connectivity index (χ1) is 10.0. The minimum absolute atomic E-state index is 0.386. The van der Waals surface area contributed by atoms with Gasteiger partial charge in [-0.15, -0.1) is 0 Å². The van der Waals surface area contributed by atoms with E-state index in [2.05, 4.69) is 10.0 Å². The molecule has 1 rings (SSSR count). The number of sulfonamides is 1. The van der Waals surface area contributed by atoms with Gasteiger partial charge in [-0.2, -0.15) is 0 Å². The van der Waals surface area contributed by atoms with Gasteiger partial charge in [0.2, 0.25) is 10.0 Å². The molecule has 21 heavy (non-hydrogen) atoms. The highest BCUT2D eigenvalue weighted by molar-refractivity contribution is 7.89. The molecule has 0 unspecified atom stereocenters. The lowest BCUT2D eigenvalue weighted by Gasteiger charge is -2.12. The van der Waals surface area contributed by atoms with Crippen molar-refractivity contribution in [3.63, 3.8) is 0 Å². The molecule has 0 saturated heterocycles. The maximum atomic E-state index is 12.4. The Morgan fingerprint density at radius 2 is 2.00 bits per heavy atom. The summed E-state index contributed by atoms with van der Waals surface area (Å²) in [6, 6.07) is 5.64. The van der Waals surface area contributed by atoms with Gasteiger partial charge < -0.3 is 10.1 Å². The summed E-state index contributed by atoms with van der Waals surface area (Å²) >= 11 is 0. The molecule has 120 valence electrons. The zero-order valence-corrected chi connectivity index (χ0v) is 13.9. The van der Waals surface area contributed by atoms with Crippen LogP contribution >= 0.6 is 0 Å². The van der Waals surface area contributed by atoms with Crippen LogP contribution in [0.4, 0.5) is 0 Å². The fourth-order valence-electron chi connectivity index (χ4n) is 2.02. The zero-order chi connectivity index (χ0) is 15.7. The minimum atomic E-state index is -3.46. The maximum Gasteiger partial charge on any atom is 0.240 e. The lowest BCUT2D eigenvalue weighted by atomic mass is 10.1. The van der Waals surface area contributed by atoms with E-state index in [-0.39, 0.29) is 0 Å². The van der Waals surface area contributed by atoms with Crippen molar-refractivity contribution in [3.05, 3.63) is 29.3 Å². The second-order valence-corrected chi connectivity index (χ2v) is 6.56. The first-order valence-electron chi connectivity index (χ1n) is 7.36. The molecule has 0 aliphatic carbocycles. The van der Waals surface area contributed by atoms with Gasteiger partial charge in [0.15, 0.2) is 0 Å². The maximum absolute atomic E-state index is 12.4. The molecule has 0 spiro atoms. The third-order valence-corrected chi connectivity index (χ3v) is 4.74. The van der Waals surface area contributed by atoms with Gasteiger partial charge in [-0.1, -0.05) is 26.0 Å². The number of ether oxygens (including phenoxy) is 1. The summed E-state index contributed by atoms with van der Waals surface area (Å²) in [5.41, 5.74) is 1.82. The Morgan fingerprint density at radius 1 is 1.24 bits per heavy atom. The lowest BCUT2D eigenvalue weighted by molar-refractivity contribution is 0.196. The molecule has 0 aliphatic rings. The average molecular weight is 314 g/mol. The molecule has 0 amide bonds. The van der Waals surface area contributed by atoms with Crippen molar-refractivity contribution in [2.75, 3.05) is 26.8 Å². The molecule has 0 radical (unpaired) electrons. The number of benzene rings is 1. The van der Waals surface area contributed by atoms with Crippen LogP contribution in [0.1, 0.15) is 31.4 Å². The predicted molar refractivity (Wildman–Crippen MR) is 84.9 cm³/mol. The molecule has 0 aliphatic heterocycles. The molecule has 1 aromatic rings. The van der Waals surface area contributed by atoms with Crippen LogP contribution in [-0.2, 0) is 27.7 Å². The van der Waals surface area contributed by atoms with E-state index >= 15 is 0 Å². The van der Waals surface area contributed by atoms with Crippen molar-refractivity contribution < 1.29 is 13.2 Å². The van der Waals surface area contributed by atoms with Gasteiger partial charge in [-0.05, 0) is 36.6 Å². The Balaban J connectivity index is 2.90. The second kappa shape index (κ2) is 9.15. The van der Waals surface area contributed by atoms with E-state index < -0.39 is 10.0 Å². The summed E-state index contributed by atoms with van der Waals surface area (Å²) in [7, 11) is -1.86. The van der Waals surface area contributed by atoms with Crippen molar-refractivity contribution in [2.24, 2.45) is 0 Å². The van der Waals surface area contributed by atoms with Gasteiger partial charge in [0.25, 0.3) is 0 Å². The fourth-order valence-corrected chi connectivity index (χ4v) is 3.45. The molecule has 0 atom stereocenters. The molecule has 0 bridgehead atoms. The molecular formula is C15H26N2O3S. The van der Waals surface area contributed by atoms with Crippen LogP contribution in [0.2, 0.25) is 0 Å². The number of nitrogens with one attached hydrogen (secondary N) is 2. The summed E-state index contributed by atoms with van der Waals surface area (Å²) in [5, 5.41) is 3.21. The van der Waals surface area contributed by atoms with Crippen LogP contribution in [0, 0.1) is 0 Å². The van der Waals surface area contributed by atoms with Crippen LogP contribution in [0.5, 0.6) is 0 Å². The molecular weight excluding hydrogens is 288 g/mol. The van der Waals surface area contributed by atoms with Crippen molar-refractivity contribution >= 4 is 10.0 Å². The SMILES string of the molecule is CCNCc1ccc(CC)c(S(=O)(=O)NCCCOC)c1. The van der Waals surface area contributed by atoms with E-state index in [0.717, 1.165) is 17.7 Å². The van der Waals surface area contributed by atoms with Gasteiger partial charge in [0.05, 0.1) is 4.90 Å². The molecule has 0 fully saturated rings. The fraction of sp³-hybridized carbons (Fsp3) is 0.600. The van der Waals surface area contributed by atoms with Crippen LogP contribution in [0.3, 0.4) is 0 Å². The topological polar surface area (TPSA) is 67.4 Å². The van der Waals surface area contributed by atoms with E-state index in [1.165, 1.54) is 0 Å². The normalized spacial score (nSPS) is 11.8. The van der Waals surface area contributed by atoms with Crippen LogP contribution in [0.25, 0.3) is 0 Å². The van der Waals surface area contributed by atoms with E-state index in [4.69, 9.17) is 4.74 Å². The second-order valence-electron chi connectivity index (χ2n) is 4.82. The van der Waals surface area contributed by atoms with Crippen LogP contribution in [-0.4, -0.2) is 35.2 Å². The summed E-state index contributed by atoms with van der Waals surface area (Å²) in [6.45, 7) is 6.44. The van der Waals surface area contributed by atoms with Crippen LogP contribution < -0.4 is 10.0 Å². The largest absolute Gasteiger partial charge is 0.385 e. The highest BCUT2D eigenvalue weighted by Crippen LogP contribution is 2.18. The van der Waals surface area contributed by atoms with Crippen LogP contribution in [0.15, 0.2) is 23.1 Å². The van der Waals surface area contributed by atoms with Gasteiger partial charge in [0.1, 0.15) is 0 Å². The van der Waals surface area contributed by atoms with Crippen molar-refractivity contribution in [2.45, 2.75) is 38.1 Å². The number of rotatable bonds is 10. The van der Waals surface area contributed by atoms with Crippen molar-refractivity contribution in [1.29, 1.82) is 0 Å².